The van der Waals surface area contributed by atoms with Gasteiger partial charge in [-0.1, -0.05) is 54.3 Å². The van der Waals surface area contributed by atoms with Crippen LogP contribution in [0.5, 0.6) is 0 Å². The number of amides is 1. The molecule has 0 saturated carbocycles. The molecule has 0 bridgehead atoms. The Hall–Kier alpha value is -2.11. The molecule has 0 radical (unpaired) electrons. The molecule has 1 amide bonds. The number of allylic oxidation sites excluding steroid dienone is 1. The van der Waals surface area contributed by atoms with Gasteiger partial charge < -0.3 is 5.73 Å². The number of hydrogen-bond acceptors (Lipinski definition) is 4. The van der Waals surface area contributed by atoms with Gasteiger partial charge in [0.15, 0.2) is 4.32 Å². The number of para-hydroxylation sites is 1. The van der Waals surface area contributed by atoms with Crippen LogP contribution < -0.4 is 10.6 Å². The number of carbonyl (C=O) groups is 1. The van der Waals surface area contributed by atoms with E-state index in [1.165, 1.54) is 11.8 Å². The van der Waals surface area contributed by atoms with Crippen molar-refractivity contribution in [3.63, 3.8) is 0 Å². The first-order chi connectivity index (χ1) is 10.6. The molecule has 0 unspecified atom stereocenters. The Kier molecular flexibility index (Phi) is 4.00. The van der Waals surface area contributed by atoms with E-state index in [0.29, 0.717) is 14.9 Å². The van der Waals surface area contributed by atoms with Crippen LogP contribution >= 0.6 is 24.0 Å². The summed E-state index contributed by atoms with van der Waals surface area (Å²) in [5.74, 6) is -0.0736. The van der Waals surface area contributed by atoms with Gasteiger partial charge in [-0.25, -0.2) is 0 Å². The first-order valence-electron chi connectivity index (χ1n) is 6.76. The molecule has 22 heavy (non-hydrogen) atoms. The lowest BCUT2D eigenvalue weighted by atomic mass is 10.1. The Morgan fingerprint density at radius 1 is 1.09 bits per heavy atom. The van der Waals surface area contributed by atoms with Crippen LogP contribution in [0.15, 0.2) is 59.5 Å². The predicted octanol–water partition coefficient (Wildman–Crippen LogP) is 4.06. The number of nitrogens with zero attached hydrogens (tertiary/aromatic N) is 1. The number of thiocarbonyl (C=S) groups is 1. The molecule has 2 aromatic carbocycles. The Morgan fingerprint density at radius 3 is 2.36 bits per heavy atom. The summed E-state index contributed by atoms with van der Waals surface area (Å²) in [6, 6.07) is 17.0. The minimum Gasteiger partial charge on any atom is -0.399 e. The summed E-state index contributed by atoms with van der Waals surface area (Å²) in [4.78, 5) is 15.0. The molecule has 0 spiro atoms. The Morgan fingerprint density at radius 2 is 1.73 bits per heavy atom. The molecule has 110 valence electrons. The van der Waals surface area contributed by atoms with Gasteiger partial charge in [0.2, 0.25) is 0 Å². The van der Waals surface area contributed by atoms with Gasteiger partial charge in [0, 0.05) is 5.69 Å². The predicted molar refractivity (Wildman–Crippen MR) is 97.6 cm³/mol. The number of nitrogens with two attached hydrogens (primary N) is 1. The van der Waals surface area contributed by atoms with Crippen molar-refractivity contribution in [1.82, 2.24) is 0 Å². The maximum Gasteiger partial charge on any atom is 0.271 e. The molecule has 3 nitrogen and oxygen atoms in total. The second-order valence-corrected chi connectivity index (χ2v) is 6.56. The van der Waals surface area contributed by atoms with E-state index in [0.717, 1.165) is 16.8 Å². The Labute approximate surface area is 138 Å². The van der Waals surface area contributed by atoms with Gasteiger partial charge in [-0.2, -0.15) is 0 Å². The maximum absolute atomic E-state index is 12.7. The number of carbonyl (C=O) groups excluding carboxylic acids is 1. The molecule has 0 aliphatic carbocycles. The van der Waals surface area contributed by atoms with E-state index in [1.54, 1.807) is 4.90 Å². The number of benzene rings is 2. The van der Waals surface area contributed by atoms with Gasteiger partial charge >= 0.3 is 0 Å². The van der Waals surface area contributed by atoms with Crippen molar-refractivity contribution in [3.8, 4) is 0 Å². The van der Waals surface area contributed by atoms with Crippen molar-refractivity contribution in [2.24, 2.45) is 0 Å². The first kappa shape index (κ1) is 14.8. The lowest BCUT2D eigenvalue weighted by Crippen LogP contribution is -2.27. The van der Waals surface area contributed by atoms with E-state index < -0.39 is 0 Å². The third kappa shape index (κ3) is 2.65. The van der Waals surface area contributed by atoms with Crippen LogP contribution in [0.4, 0.5) is 11.4 Å². The van der Waals surface area contributed by atoms with E-state index in [-0.39, 0.29) is 5.91 Å². The van der Waals surface area contributed by atoms with Crippen molar-refractivity contribution in [2.75, 3.05) is 10.6 Å². The third-order valence-electron chi connectivity index (χ3n) is 3.47. The zero-order valence-electron chi connectivity index (χ0n) is 11.9. The van der Waals surface area contributed by atoms with E-state index in [1.807, 2.05) is 61.5 Å². The number of anilines is 2. The highest BCUT2D eigenvalue weighted by Crippen LogP contribution is 2.39. The normalized spacial score (nSPS) is 17.0. The summed E-state index contributed by atoms with van der Waals surface area (Å²) in [7, 11) is 0. The van der Waals surface area contributed by atoms with Gasteiger partial charge in [-0.3, -0.25) is 9.69 Å². The molecule has 2 N–H and O–H groups in total. The zero-order valence-corrected chi connectivity index (χ0v) is 13.6. The number of hydrogen-bond donors (Lipinski definition) is 1. The second kappa shape index (κ2) is 5.94. The average Bonchev–Trinajstić information content (AvgIpc) is 2.83. The summed E-state index contributed by atoms with van der Waals surface area (Å²) in [6.45, 7) is 1.93. The topological polar surface area (TPSA) is 46.3 Å². The lowest BCUT2D eigenvalue weighted by molar-refractivity contribution is -0.113. The average molecular weight is 326 g/mol. The SMILES string of the molecule is C/C(=C1\SC(=S)N(c2ccccc2)C1=O)c1ccc(N)cc1. The van der Waals surface area contributed by atoms with Crippen molar-refractivity contribution in [2.45, 2.75) is 6.92 Å². The number of rotatable bonds is 2. The largest absolute Gasteiger partial charge is 0.399 e. The van der Waals surface area contributed by atoms with E-state index in [4.69, 9.17) is 18.0 Å². The van der Waals surface area contributed by atoms with Gasteiger partial charge in [-0.15, -0.1) is 0 Å². The highest BCUT2D eigenvalue weighted by Gasteiger charge is 2.34. The molecule has 1 heterocycles. The van der Waals surface area contributed by atoms with Gasteiger partial charge in [0.05, 0.1) is 10.6 Å². The smallest absolute Gasteiger partial charge is 0.271 e. The summed E-state index contributed by atoms with van der Waals surface area (Å²) in [6.07, 6.45) is 0. The number of thioether (sulfide) groups is 1. The van der Waals surface area contributed by atoms with E-state index in [2.05, 4.69) is 0 Å². The van der Waals surface area contributed by atoms with Crippen LogP contribution in [0.25, 0.3) is 5.57 Å². The first-order valence-corrected chi connectivity index (χ1v) is 7.98. The fourth-order valence-electron chi connectivity index (χ4n) is 2.26. The molecule has 2 aromatic rings. The molecule has 1 aliphatic heterocycles. The highest BCUT2D eigenvalue weighted by molar-refractivity contribution is 8.27. The van der Waals surface area contributed by atoms with E-state index >= 15 is 0 Å². The van der Waals surface area contributed by atoms with Crippen LogP contribution in [0, 0.1) is 0 Å². The number of nitrogen functional groups attached to an aromatic ring is 1. The second-order valence-electron chi connectivity index (χ2n) is 4.92. The molecule has 5 heteroatoms. The van der Waals surface area contributed by atoms with Gasteiger partial charge in [0.25, 0.3) is 5.91 Å². The zero-order chi connectivity index (χ0) is 15.7. The van der Waals surface area contributed by atoms with Crippen LogP contribution in [0.3, 0.4) is 0 Å². The standard InChI is InChI=1S/C17H14N2OS2/c1-11(12-7-9-13(18)10-8-12)15-16(20)19(17(21)22-15)14-5-3-2-4-6-14/h2-10H,18H2,1H3/b15-11+. The van der Waals surface area contributed by atoms with Gasteiger partial charge in [0.1, 0.15) is 0 Å². The molecular formula is C17H14N2OS2. The highest BCUT2D eigenvalue weighted by atomic mass is 32.2. The van der Waals surface area contributed by atoms with E-state index in [9.17, 15) is 4.79 Å². The summed E-state index contributed by atoms with van der Waals surface area (Å²) in [5, 5.41) is 0. The molecule has 1 fully saturated rings. The maximum atomic E-state index is 12.7. The molecule has 3 rings (SSSR count). The molecule has 1 saturated heterocycles. The quantitative estimate of drug-likeness (QED) is 0.513. The van der Waals surface area contributed by atoms with Crippen molar-refractivity contribution < 1.29 is 4.79 Å². The summed E-state index contributed by atoms with van der Waals surface area (Å²) >= 11 is 6.72. The van der Waals surface area contributed by atoms with Crippen molar-refractivity contribution in [3.05, 3.63) is 65.1 Å². The third-order valence-corrected chi connectivity index (χ3v) is 4.94. The summed E-state index contributed by atoms with van der Waals surface area (Å²) < 4.78 is 0.556. The van der Waals surface area contributed by atoms with Gasteiger partial charge in [-0.05, 0) is 42.3 Å². The fraction of sp³-hybridized carbons (Fsp3) is 0.0588. The van der Waals surface area contributed by atoms with Crippen LogP contribution in [0.1, 0.15) is 12.5 Å². The van der Waals surface area contributed by atoms with Crippen molar-refractivity contribution >= 4 is 51.2 Å². The Balaban J connectivity index is 2.00. The lowest BCUT2D eigenvalue weighted by Gasteiger charge is -2.14. The monoisotopic (exact) mass is 326 g/mol. The molecule has 0 atom stereocenters. The minimum atomic E-state index is -0.0736. The Bertz CT molecular complexity index is 767. The summed E-state index contributed by atoms with van der Waals surface area (Å²) in [5.41, 5.74) is 9.10. The fourth-order valence-corrected chi connectivity index (χ4v) is 3.60. The molecule has 0 aromatic heterocycles. The van der Waals surface area contributed by atoms with Crippen molar-refractivity contribution in [1.29, 1.82) is 0 Å². The van der Waals surface area contributed by atoms with Crippen LogP contribution in [0.2, 0.25) is 0 Å². The van der Waals surface area contributed by atoms with Crippen LogP contribution in [-0.4, -0.2) is 10.2 Å². The minimum absolute atomic E-state index is 0.0736. The molecule has 1 aliphatic rings. The molecular weight excluding hydrogens is 312 g/mol. The van der Waals surface area contributed by atoms with Crippen LogP contribution in [-0.2, 0) is 4.79 Å².